The van der Waals surface area contributed by atoms with Gasteiger partial charge in [0.25, 0.3) is 5.91 Å². The molecule has 2 heterocycles. The third-order valence-corrected chi connectivity index (χ3v) is 7.58. The van der Waals surface area contributed by atoms with Crippen molar-refractivity contribution in [3.63, 3.8) is 0 Å². The van der Waals surface area contributed by atoms with Gasteiger partial charge in [-0.2, -0.15) is 0 Å². The number of pyridine rings is 2. The number of carbonyl (C=O) groups excluding carboxylic acids is 1. The number of carbonyl (C=O) groups is 1. The first-order valence-corrected chi connectivity index (χ1v) is 13.5. The Hall–Kier alpha value is -4.01. The van der Waals surface area contributed by atoms with Crippen molar-refractivity contribution in [2.45, 2.75) is 31.8 Å². The fraction of sp³-hybridized carbons (Fsp3) is 0.200. The molecule has 1 aliphatic carbocycles. The van der Waals surface area contributed by atoms with Crippen LogP contribution in [-0.4, -0.2) is 32.9 Å². The van der Waals surface area contributed by atoms with Crippen molar-refractivity contribution in [2.75, 3.05) is 12.5 Å². The molecule has 2 aromatic carbocycles. The monoisotopic (exact) mass is 556 g/mol. The van der Waals surface area contributed by atoms with Gasteiger partial charge in [-0.3, -0.25) is 20.6 Å². The Morgan fingerprint density at radius 3 is 2.26 bits per heavy atom. The molecule has 0 aliphatic heterocycles. The van der Waals surface area contributed by atoms with Gasteiger partial charge in [0.2, 0.25) is 0 Å². The van der Waals surface area contributed by atoms with E-state index in [9.17, 15) is 4.79 Å². The molecule has 9 heteroatoms. The standard InChI is InChI=1S/C30H29ClN6OS/c1-19(26-13-7-8-16-32-26)37(2)29(38)22-17-25(31)28(33-18-22)35-36-30(39)34-27-23-11-5-3-9-20(23)14-15-21-10-4-6-12-24(21)27/h3-13,16-19,27H,14-15H2,1-2H3,(H,33,35)(H2,34,36,39). The van der Waals surface area contributed by atoms with Gasteiger partial charge in [0.1, 0.15) is 0 Å². The van der Waals surface area contributed by atoms with Crippen molar-refractivity contribution in [1.82, 2.24) is 25.6 Å². The van der Waals surface area contributed by atoms with Gasteiger partial charge in [0, 0.05) is 19.4 Å². The van der Waals surface area contributed by atoms with Crippen LogP contribution < -0.4 is 16.2 Å². The Morgan fingerprint density at radius 1 is 1.00 bits per heavy atom. The lowest BCUT2D eigenvalue weighted by molar-refractivity contribution is 0.0739. The summed E-state index contributed by atoms with van der Waals surface area (Å²) in [6.45, 7) is 1.92. The number of amides is 1. The lowest BCUT2D eigenvalue weighted by atomic mass is 9.95. The van der Waals surface area contributed by atoms with E-state index in [0.717, 1.165) is 18.5 Å². The second-order valence-corrected chi connectivity index (χ2v) is 10.3. The maximum Gasteiger partial charge on any atom is 0.255 e. The van der Waals surface area contributed by atoms with Gasteiger partial charge in [0.15, 0.2) is 10.9 Å². The Bertz CT molecular complexity index is 1450. The zero-order chi connectivity index (χ0) is 27.4. The van der Waals surface area contributed by atoms with E-state index in [1.807, 2.05) is 25.1 Å². The summed E-state index contributed by atoms with van der Waals surface area (Å²) >= 11 is 12.1. The summed E-state index contributed by atoms with van der Waals surface area (Å²) < 4.78 is 0. The van der Waals surface area contributed by atoms with Gasteiger partial charge < -0.3 is 10.2 Å². The van der Waals surface area contributed by atoms with Crippen LogP contribution in [0.3, 0.4) is 0 Å². The van der Waals surface area contributed by atoms with Crippen molar-refractivity contribution < 1.29 is 4.79 Å². The normalized spacial score (nSPS) is 13.3. The molecule has 2 aromatic heterocycles. The fourth-order valence-electron chi connectivity index (χ4n) is 4.81. The first-order valence-electron chi connectivity index (χ1n) is 12.7. The van der Waals surface area contributed by atoms with Crippen molar-refractivity contribution in [3.8, 4) is 0 Å². The summed E-state index contributed by atoms with van der Waals surface area (Å²) in [5, 5.41) is 4.14. The average Bonchev–Trinajstić information content (AvgIpc) is 3.13. The smallest absolute Gasteiger partial charge is 0.255 e. The van der Waals surface area contributed by atoms with Crippen molar-refractivity contribution in [2.24, 2.45) is 0 Å². The van der Waals surface area contributed by atoms with Crippen LogP contribution in [0.4, 0.5) is 5.82 Å². The number of aryl methyl sites for hydroxylation is 2. The number of benzene rings is 2. The number of fused-ring (bicyclic) bond motifs is 2. The molecule has 0 fully saturated rings. The highest BCUT2D eigenvalue weighted by atomic mass is 35.5. The Morgan fingerprint density at radius 2 is 1.64 bits per heavy atom. The molecule has 1 aliphatic rings. The molecule has 1 unspecified atom stereocenters. The third kappa shape index (κ3) is 5.87. The molecule has 0 spiro atoms. The van der Waals surface area contributed by atoms with Crippen LogP contribution in [0.1, 0.15) is 57.3 Å². The molecule has 1 amide bonds. The van der Waals surface area contributed by atoms with Gasteiger partial charge in [-0.1, -0.05) is 66.2 Å². The lowest BCUT2D eigenvalue weighted by Crippen LogP contribution is -2.41. The zero-order valence-corrected chi connectivity index (χ0v) is 23.3. The molecule has 4 aromatic rings. The van der Waals surface area contributed by atoms with Gasteiger partial charge in [-0.25, -0.2) is 4.98 Å². The highest BCUT2D eigenvalue weighted by Crippen LogP contribution is 2.32. The van der Waals surface area contributed by atoms with Crippen LogP contribution in [0.5, 0.6) is 0 Å². The number of thiocarbonyl (C=S) groups is 1. The predicted molar refractivity (Wildman–Crippen MR) is 159 cm³/mol. The molecule has 39 heavy (non-hydrogen) atoms. The summed E-state index contributed by atoms with van der Waals surface area (Å²) in [7, 11) is 1.73. The molecular weight excluding hydrogens is 528 g/mol. The van der Waals surface area contributed by atoms with Crippen LogP contribution in [0.15, 0.2) is 85.2 Å². The maximum atomic E-state index is 13.1. The molecule has 0 radical (unpaired) electrons. The van der Waals surface area contributed by atoms with Crippen LogP contribution in [0.2, 0.25) is 5.02 Å². The second-order valence-electron chi connectivity index (χ2n) is 9.46. The Balaban J connectivity index is 1.26. The largest absolute Gasteiger partial charge is 0.350 e. The number of halogens is 1. The maximum absolute atomic E-state index is 13.1. The minimum absolute atomic E-state index is 0.0956. The first-order chi connectivity index (χ1) is 18.9. The summed E-state index contributed by atoms with van der Waals surface area (Å²) in [6, 6.07) is 23.8. The first kappa shape index (κ1) is 26.6. The number of rotatable bonds is 6. The van der Waals surface area contributed by atoms with E-state index in [2.05, 4.69) is 74.7 Å². The number of anilines is 1. The lowest BCUT2D eigenvalue weighted by Gasteiger charge is -2.25. The molecule has 0 saturated carbocycles. The molecule has 1 atom stereocenters. The van der Waals surface area contributed by atoms with Crippen molar-refractivity contribution >= 4 is 40.7 Å². The van der Waals surface area contributed by atoms with E-state index in [0.29, 0.717) is 21.5 Å². The third-order valence-electron chi connectivity index (χ3n) is 7.07. The van der Waals surface area contributed by atoms with Crippen LogP contribution in [-0.2, 0) is 12.8 Å². The molecule has 198 valence electrons. The molecular formula is C30H29ClN6OS. The van der Waals surface area contributed by atoms with E-state index < -0.39 is 0 Å². The average molecular weight is 557 g/mol. The SMILES string of the molecule is CC(c1ccccn1)N(C)C(=O)c1cnc(NNC(=S)NC2c3ccccc3CCc3ccccc32)c(Cl)c1. The number of nitrogens with one attached hydrogen (secondary N) is 3. The van der Waals surface area contributed by atoms with E-state index in [-0.39, 0.29) is 18.0 Å². The Kier molecular flexibility index (Phi) is 8.05. The van der Waals surface area contributed by atoms with E-state index in [1.54, 1.807) is 24.2 Å². The number of hydrogen-bond donors (Lipinski definition) is 3. The van der Waals surface area contributed by atoms with Gasteiger partial charge in [-0.05, 0) is 72.4 Å². The second kappa shape index (κ2) is 11.8. The topological polar surface area (TPSA) is 82.2 Å². The van der Waals surface area contributed by atoms with E-state index in [1.165, 1.54) is 28.5 Å². The van der Waals surface area contributed by atoms with Gasteiger partial charge >= 0.3 is 0 Å². The highest BCUT2D eigenvalue weighted by Gasteiger charge is 2.24. The van der Waals surface area contributed by atoms with Crippen LogP contribution >= 0.6 is 23.8 Å². The number of nitrogens with zero attached hydrogens (tertiary/aromatic N) is 3. The highest BCUT2D eigenvalue weighted by molar-refractivity contribution is 7.80. The number of hydrazine groups is 1. The summed E-state index contributed by atoms with van der Waals surface area (Å²) in [4.78, 5) is 23.4. The number of aromatic nitrogens is 2. The quantitative estimate of drug-likeness (QED) is 0.209. The zero-order valence-electron chi connectivity index (χ0n) is 21.7. The minimum Gasteiger partial charge on any atom is -0.350 e. The predicted octanol–water partition coefficient (Wildman–Crippen LogP) is 5.64. The molecule has 5 rings (SSSR count). The summed E-state index contributed by atoms with van der Waals surface area (Å²) in [5.74, 6) is 0.157. The molecule has 0 bridgehead atoms. The summed E-state index contributed by atoms with van der Waals surface area (Å²) in [5.41, 5.74) is 12.2. The van der Waals surface area contributed by atoms with Crippen molar-refractivity contribution in [3.05, 3.63) is 124 Å². The van der Waals surface area contributed by atoms with E-state index >= 15 is 0 Å². The molecule has 3 N–H and O–H groups in total. The minimum atomic E-state index is -0.209. The number of hydrogen-bond acceptors (Lipinski definition) is 5. The molecule has 7 nitrogen and oxygen atoms in total. The van der Waals surface area contributed by atoms with Crippen molar-refractivity contribution in [1.29, 1.82) is 0 Å². The Labute approximate surface area is 238 Å². The van der Waals surface area contributed by atoms with Crippen LogP contribution in [0.25, 0.3) is 0 Å². The van der Waals surface area contributed by atoms with Crippen LogP contribution in [0, 0.1) is 0 Å². The van der Waals surface area contributed by atoms with Gasteiger partial charge in [0.05, 0.1) is 28.4 Å². The van der Waals surface area contributed by atoms with Gasteiger partial charge in [-0.15, -0.1) is 0 Å². The summed E-state index contributed by atoms with van der Waals surface area (Å²) in [6.07, 6.45) is 5.16. The molecule has 0 saturated heterocycles. The van der Waals surface area contributed by atoms with E-state index in [4.69, 9.17) is 23.8 Å². The fourth-order valence-corrected chi connectivity index (χ4v) is 5.19.